The van der Waals surface area contributed by atoms with E-state index in [2.05, 4.69) is 15.6 Å². The number of aliphatic hydroxyl groups excluding tert-OH is 1. The number of amides is 1. The molecule has 1 unspecified atom stereocenters. The van der Waals surface area contributed by atoms with Gasteiger partial charge in [0.1, 0.15) is 0 Å². The number of hydrogen-bond acceptors (Lipinski definition) is 4. The molecule has 1 aromatic heterocycles. The van der Waals surface area contributed by atoms with Gasteiger partial charge in [-0.3, -0.25) is 4.79 Å². The molecule has 0 aliphatic heterocycles. The average molecular weight is 337 g/mol. The molecule has 0 fully saturated rings. The first-order valence-electron chi connectivity index (χ1n) is 7.70. The van der Waals surface area contributed by atoms with E-state index >= 15 is 0 Å². The van der Waals surface area contributed by atoms with Gasteiger partial charge in [-0.05, 0) is 18.1 Å². The fraction of sp³-hybridized carbons (Fsp3) is 0.438. The molecule has 0 aliphatic carbocycles. The number of aliphatic hydroxyl groups is 1. The van der Waals surface area contributed by atoms with Crippen LogP contribution in [0.15, 0.2) is 30.5 Å². The van der Waals surface area contributed by atoms with Crippen LogP contribution in [0, 0.1) is 5.92 Å². The Kier molecular flexibility index (Phi) is 6.12. The predicted octanol–water partition coefficient (Wildman–Crippen LogP) is 2.45. The van der Waals surface area contributed by atoms with Gasteiger partial charge in [0.05, 0.1) is 23.0 Å². The van der Waals surface area contributed by atoms with E-state index < -0.39 is 6.10 Å². The Morgan fingerprint density at radius 2 is 2.04 bits per heavy atom. The van der Waals surface area contributed by atoms with Gasteiger partial charge in [-0.25, -0.2) is 4.68 Å². The van der Waals surface area contributed by atoms with Crippen LogP contribution in [0.4, 0.5) is 0 Å². The minimum Gasteiger partial charge on any atom is -0.391 e. The molecule has 0 radical (unpaired) electrons. The second kappa shape index (κ2) is 8.08. The molecule has 0 spiro atoms. The Balaban J connectivity index is 2.00. The molecule has 0 bridgehead atoms. The standard InChI is InChI=1S/C16H21ClN4O2/c1-3-11(4-2)15(22)9-18-16(23)13-10-21(20-19-13)14-8-6-5-7-12(14)17/h5-8,10-11,15,22H,3-4,9H2,1-2H3,(H,18,23). The molecule has 124 valence electrons. The molecule has 7 heteroatoms. The average Bonchev–Trinajstić information content (AvgIpc) is 3.04. The lowest BCUT2D eigenvalue weighted by atomic mass is 9.96. The molecule has 2 N–H and O–H groups in total. The van der Waals surface area contributed by atoms with Crippen LogP contribution in [-0.4, -0.2) is 38.7 Å². The lowest BCUT2D eigenvalue weighted by molar-refractivity contribution is 0.0813. The van der Waals surface area contributed by atoms with Crippen molar-refractivity contribution in [2.24, 2.45) is 5.92 Å². The highest BCUT2D eigenvalue weighted by Gasteiger charge is 2.18. The SMILES string of the molecule is CCC(CC)C(O)CNC(=O)c1cn(-c2ccccc2Cl)nn1. The second-order valence-electron chi connectivity index (χ2n) is 5.35. The van der Waals surface area contributed by atoms with Gasteiger partial charge in [0.2, 0.25) is 0 Å². The summed E-state index contributed by atoms with van der Waals surface area (Å²) >= 11 is 6.09. The molecule has 1 aromatic carbocycles. The van der Waals surface area contributed by atoms with Crippen LogP contribution in [0.2, 0.25) is 5.02 Å². The third-order valence-corrected chi connectivity index (χ3v) is 4.21. The molecule has 0 aliphatic rings. The number of aromatic nitrogens is 3. The first-order chi connectivity index (χ1) is 11.1. The Hall–Kier alpha value is -1.92. The van der Waals surface area contributed by atoms with Crippen molar-refractivity contribution in [3.63, 3.8) is 0 Å². The summed E-state index contributed by atoms with van der Waals surface area (Å²) in [5.41, 5.74) is 0.833. The summed E-state index contributed by atoms with van der Waals surface area (Å²) in [6.07, 6.45) is 2.69. The molecular formula is C16H21ClN4O2. The highest BCUT2D eigenvalue weighted by atomic mass is 35.5. The van der Waals surface area contributed by atoms with Gasteiger partial charge < -0.3 is 10.4 Å². The maximum Gasteiger partial charge on any atom is 0.273 e. The van der Waals surface area contributed by atoms with Crippen molar-refractivity contribution in [3.05, 3.63) is 41.2 Å². The summed E-state index contributed by atoms with van der Waals surface area (Å²) in [5, 5.41) is 21.0. The summed E-state index contributed by atoms with van der Waals surface area (Å²) in [5.74, 6) is -0.192. The Bertz CT molecular complexity index is 655. The molecule has 1 amide bonds. The fourth-order valence-electron chi connectivity index (χ4n) is 2.41. The van der Waals surface area contributed by atoms with Gasteiger partial charge in [0.15, 0.2) is 5.69 Å². The Morgan fingerprint density at radius 3 is 2.70 bits per heavy atom. The number of benzene rings is 1. The quantitative estimate of drug-likeness (QED) is 0.814. The lowest BCUT2D eigenvalue weighted by Crippen LogP contribution is -2.36. The summed E-state index contributed by atoms with van der Waals surface area (Å²) in [7, 11) is 0. The zero-order valence-corrected chi connectivity index (χ0v) is 14.0. The number of nitrogens with zero attached hydrogens (tertiary/aromatic N) is 3. The van der Waals surface area contributed by atoms with Gasteiger partial charge in [-0.1, -0.05) is 55.6 Å². The monoisotopic (exact) mass is 336 g/mol. The number of hydrogen-bond donors (Lipinski definition) is 2. The van der Waals surface area contributed by atoms with Gasteiger partial charge in [0.25, 0.3) is 5.91 Å². The van der Waals surface area contributed by atoms with E-state index in [1.807, 2.05) is 26.0 Å². The van der Waals surface area contributed by atoms with Crippen molar-refractivity contribution < 1.29 is 9.90 Å². The highest BCUT2D eigenvalue weighted by molar-refractivity contribution is 6.32. The molecule has 1 heterocycles. The molecular weight excluding hydrogens is 316 g/mol. The molecule has 23 heavy (non-hydrogen) atoms. The summed E-state index contributed by atoms with van der Waals surface area (Å²) in [4.78, 5) is 12.1. The zero-order valence-electron chi connectivity index (χ0n) is 13.2. The van der Waals surface area contributed by atoms with Crippen LogP contribution >= 0.6 is 11.6 Å². The predicted molar refractivity (Wildman–Crippen MR) is 88.8 cm³/mol. The summed E-state index contributed by atoms with van der Waals surface area (Å²) in [6.45, 7) is 4.24. The van der Waals surface area contributed by atoms with E-state index in [0.29, 0.717) is 10.7 Å². The van der Waals surface area contributed by atoms with Crippen molar-refractivity contribution in [1.29, 1.82) is 0 Å². The Morgan fingerprint density at radius 1 is 1.35 bits per heavy atom. The van der Waals surface area contributed by atoms with Gasteiger partial charge in [-0.15, -0.1) is 5.10 Å². The number of rotatable bonds is 7. The highest BCUT2D eigenvalue weighted by Crippen LogP contribution is 2.18. The second-order valence-corrected chi connectivity index (χ2v) is 5.76. The third kappa shape index (κ3) is 4.30. The van der Waals surface area contributed by atoms with Gasteiger partial charge in [0, 0.05) is 6.54 Å². The van der Waals surface area contributed by atoms with E-state index in [0.717, 1.165) is 12.8 Å². The van der Waals surface area contributed by atoms with E-state index in [4.69, 9.17) is 11.6 Å². The molecule has 0 saturated carbocycles. The number of para-hydroxylation sites is 1. The van der Waals surface area contributed by atoms with Crippen LogP contribution in [0.5, 0.6) is 0 Å². The molecule has 2 rings (SSSR count). The van der Waals surface area contributed by atoms with Crippen molar-refractivity contribution in [1.82, 2.24) is 20.3 Å². The van der Waals surface area contributed by atoms with Crippen molar-refractivity contribution >= 4 is 17.5 Å². The number of nitrogens with one attached hydrogen (secondary N) is 1. The van der Waals surface area contributed by atoms with Crippen LogP contribution in [0.25, 0.3) is 5.69 Å². The number of halogens is 1. The first kappa shape index (κ1) is 17.4. The van der Waals surface area contributed by atoms with E-state index in [-0.39, 0.29) is 24.1 Å². The topological polar surface area (TPSA) is 80.0 Å². The van der Waals surface area contributed by atoms with E-state index in [1.165, 1.54) is 10.9 Å². The fourth-order valence-corrected chi connectivity index (χ4v) is 2.63. The van der Waals surface area contributed by atoms with Crippen molar-refractivity contribution in [2.75, 3.05) is 6.54 Å². The minimum atomic E-state index is -0.562. The van der Waals surface area contributed by atoms with Crippen molar-refractivity contribution in [3.8, 4) is 5.69 Å². The van der Waals surface area contributed by atoms with Crippen molar-refractivity contribution in [2.45, 2.75) is 32.8 Å². The smallest absolute Gasteiger partial charge is 0.273 e. The largest absolute Gasteiger partial charge is 0.391 e. The lowest BCUT2D eigenvalue weighted by Gasteiger charge is -2.19. The van der Waals surface area contributed by atoms with Gasteiger partial charge in [-0.2, -0.15) is 0 Å². The van der Waals surface area contributed by atoms with Crippen LogP contribution in [0.3, 0.4) is 0 Å². The Labute approximate surface area is 140 Å². The molecule has 0 saturated heterocycles. The van der Waals surface area contributed by atoms with Crippen LogP contribution in [0.1, 0.15) is 37.2 Å². The summed E-state index contributed by atoms with van der Waals surface area (Å²) < 4.78 is 1.45. The van der Waals surface area contributed by atoms with E-state index in [9.17, 15) is 9.90 Å². The molecule has 6 nitrogen and oxygen atoms in total. The first-order valence-corrected chi connectivity index (χ1v) is 8.08. The maximum atomic E-state index is 12.1. The normalized spacial score (nSPS) is 12.4. The molecule has 2 aromatic rings. The number of carbonyl (C=O) groups is 1. The maximum absolute atomic E-state index is 12.1. The van der Waals surface area contributed by atoms with E-state index in [1.54, 1.807) is 12.1 Å². The number of carbonyl (C=O) groups excluding carboxylic acids is 1. The van der Waals surface area contributed by atoms with Gasteiger partial charge >= 0.3 is 0 Å². The zero-order chi connectivity index (χ0) is 16.8. The summed E-state index contributed by atoms with van der Waals surface area (Å²) in [6, 6.07) is 7.17. The van der Waals surface area contributed by atoms with Crippen LogP contribution < -0.4 is 5.32 Å². The van der Waals surface area contributed by atoms with Crippen LogP contribution in [-0.2, 0) is 0 Å². The third-order valence-electron chi connectivity index (χ3n) is 3.89. The minimum absolute atomic E-state index is 0.175. The molecule has 1 atom stereocenters.